The van der Waals surface area contributed by atoms with E-state index in [1.165, 1.54) is 6.07 Å². The van der Waals surface area contributed by atoms with E-state index in [1.54, 1.807) is 12.1 Å². The topological polar surface area (TPSA) is 49.5 Å². The van der Waals surface area contributed by atoms with E-state index in [2.05, 4.69) is 4.90 Å². The molecule has 1 aromatic carbocycles. The highest BCUT2D eigenvalue weighted by Crippen LogP contribution is 2.28. The summed E-state index contributed by atoms with van der Waals surface area (Å²) in [6.07, 6.45) is 1.42. The van der Waals surface area contributed by atoms with Gasteiger partial charge in [-0.15, -0.1) is 0 Å². The summed E-state index contributed by atoms with van der Waals surface area (Å²) in [5.74, 6) is -0.222. The van der Waals surface area contributed by atoms with Gasteiger partial charge in [0.2, 0.25) is 0 Å². The molecule has 3 nitrogen and oxygen atoms in total. The number of rotatable bonds is 3. The molecule has 1 saturated heterocycles. The van der Waals surface area contributed by atoms with Crippen molar-refractivity contribution in [2.75, 3.05) is 13.1 Å². The Morgan fingerprint density at radius 3 is 2.78 bits per heavy atom. The standard InChI is InChI=1S/C14H21FN2O/c1-10(16)14(12-6-2-3-7-13(12)15)17-8-4-5-11(18)9-17/h2-3,6-7,10-11,14,18H,4-5,8-9,16H2,1H3. The van der Waals surface area contributed by atoms with Gasteiger partial charge in [-0.05, 0) is 32.4 Å². The van der Waals surface area contributed by atoms with E-state index in [9.17, 15) is 9.50 Å². The van der Waals surface area contributed by atoms with E-state index in [-0.39, 0.29) is 24.0 Å². The molecule has 1 aromatic rings. The lowest BCUT2D eigenvalue weighted by Crippen LogP contribution is -2.46. The molecule has 1 heterocycles. The van der Waals surface area contributed by atoms with E-state index in [1.807, 2.05) is 13.0 Å². The van der Waals surface area contributed by atoms with E-state index < -0.39 is 0 Å². The van der Waals surface area contributed by atoms with Crippen LogP contribution in [0.25, 0.3) is 0 Å². The van der Waals surface area contributed by atoms with Gasteiger partial charge in [-0.25, -0.2) is 4.39 Å². The normalized spacial score (nSPS) is 24.8. The Kier molecular flexibility index (Phi) is 4.32. The van der Waals surface area contributed by atoms with Gasteiger partial charge in [-0.2, -0.15) is 0 Å². The second-order valence-electron chi connectivity index (χ2n) is 5.12. The Balaban J connectivity index is 2.26. The van der Waals surface area contributed by atoms with E-state index in [0.29, 0.717) is 12.1 Å². The maximum absolute atomic E-state index is 13.9. The molecule has 2 rings (SSSR count). The Morgan fingerprint density at radius 2 is 2.17 bits per heavy atom. The predicted molar refractivity (Wildman–Crippen MR) is 69.6 cm³/mol. The van der Waals surface area contributed by atoms with E-state index >= 15 is 0 Å². The SMILES string of the molecule is CC(N)C(c1ccccc1F)N1CCCC(O)C1. The molecular weight excluding hydrogens is 231 g/mol. The van der Waals surface area contributed by atoms with Crippen LogP contribution in [0.1, 0.15) is 31.4 Å². The van der Waals surface area contributed by atoms with Gasteiger partial charge in [-0.1, -0.05) is 18.2 Å². The molecule has 3 N–H and O–H groups in total. The van der Waals surface area contributed by atoms with Crippen LogP contribution in [0.15, 0.2) is 24.3 Å². The zero-order chi connectivity index (χ0) is 13.1. The van der Waals surface area contributed by atoms with Crippen LogP contribution in [-0.4, -0.2) is 35.2 Å². The monoisotopic (exact) mass is 252 g/mol. The Morgan fingerprint density at radius 1 is 1.44 bits per heavy atom. The van der Waals surface area contributed by atoms with Gasteiger partial charge >= 0.3 is 0 Å². The number of hydrogen-bond acceptors (Lipinski definition) is 3. The van der Waals surface area contributed by atoms with Crippen LogP contribution in [-0.2, 0) is 0 Å². The first-order valence-corrected chi connectivity index (χ1v) is 6.51. The molecule has 0 radical (unpaired) electrons. The van der Waals surface area contributed by atoms with Crippen molar-refractivity contribution in [1.29, 1.82) is 0 Å². The highest BCUT2D eigenvalue weighted by atomic mass is 19.1. The first-order chi connectivity index (χ1) is 8.59. The van der Waals surface area contributed by atoms with Crippen LogP contribution in [0, 0.1) is 5.82 Å². The maximum Gasteiger partial charge on any atom is 0.128 e. The van der Waals surface area contributed by atoms with Crippen LogP contribution >= 0.6 is 0 Å². The first kappa shape index (κ1) is 13.5. The van der Waals surface area contributed by atoms with Gasteiger partial charge in [0.15, 0.2) is 0 Å². The van der Waals surface area contributed by atoms with Gasteiger partial charge < -0.3 is 10.8 Å². The zero-order valence-electron chi connectivity index (χ0n) is 10.7. The van der Waals surface area contributed by atoms with Crippen molar-refractivity contribution >= 4 is 0 Å². The van der Waals surface area contributed by atoms with Crippen LogP contribution in [0.3, 0.4) is 0 Å². The maximum atomic E-state index is 13.9. The fourth-order valence-corrected chi connectivity index (χ4v) is 2.76. The Labute approximate surface area is 107 Å². The molecule has 0 aliphatic carbocycles. The van der Waals surface area contributed by atoms with Crippen LogP contribution in [0.2, 0.25) is 0 Å². The van der Waals surface area contributed by atoms with Crippen molar-refractivity contribution in [3.8, 4) is 0 Å². The van der Waals surface area contributed by atoms with Crippen LogP contribution in [0.4, 0.5) is 4.39 Å². The van der Waals surface area contributed by atoms with Gasteiger partial charge in [0, 0.05) is 18.2 Å². The molecule has 3 unspecified atom stereocenters. The molecule has 4 heteroatoms. The summed E-state index contributed by atoms with van der Waals surface area (Å²) in [7, 11) is 0. The second kappa shape index (κ2) is 5.78. The molecule has 0 aromatic heterocycles. The Bertz CT molecular complexity index is 397. The summed E-state index contributed by atoms with van der Waals surface area (Å²) < 4.78 is 13.9. The average Bonchev–Trinajstić information content (AvgIpc) is 2.32. The third kappa shape index (κ3) is 2.88. The molecule has 0 bridgehead atoms. The van der Waals surface area contributed by atoms with E-state index in [4.69, 9.17) is 5.73 Å². The molecule has 18 heavy (non-hydrogen) atoms. The number of aliphatic hydroxyl groups is 1. The van der Waals surface area contributed by atoms with Gasteiger partial charge in [0.25, 0.3) is 0 Å². The summed E-state index contributed by atoms with van der Waals surface area (Å²) in [6.45, 7) is 3.32. The van der Waals surface area contributed by atoms with Crippen LogP contribution < -0.4 is 5.73 Å². The summed E-state index contributed by atoms with van der Waals surface area (Å²) >= 11 is 0. The summed E-state index contributed by atoms with van der Waals surface area (Å²) in [4.78, 5) is 2.09. The number of hydrogen-bond donors (Lipinski definition) is 2. The fraction of sp³-hybridized carbons (Fsp3) is 0.571. The third-order valence-corrected chi connectivity index (χ3v) is 3.54. The number of halogens is 1. The minimum absolute atomic E-state index is 0.166. The van der Waals surface area contributed by atoms with Crippen molar-refractivity contribution in [3.05, 3.63) is 35.6 Å². The van der Waals surface area contributed by atoms with Crippen LogP contribution in [0.5, 0.6) is 0 Å². The molecule has 1 aliphatic rings. The highest BCUT2D eigenvalue weighted by molar-refractivity contribution is 5.23. The smallest absolute Gasteiger partial charge is 0.128 e. The highest BCUT2D eigenvalue weighted by Gasteiger charge is 2.29. The lowest BCUT2D eigenvalue weighted by atomic mass is 9.95. The summed E-state index contributed by atoms with van der Waals surface area (Å²) in [6, 6.07) is 6.42. The minimum Gasteiger partial charge on any atom is -0.392 e. The number of likely N-dealkylation sites (tertiary alicyclic amines) is 1. The molecular formula is C14H21FN2O. The van der Waals surface area contributed by atoms with Crippen molar-refractivity contribution in [1.82, 2.24) is 4.90 Å². The lowest BCUT2D eigenvalue weighted by Gasteiger charge is -2.38. The first-order valence-electron chi connectivity index (χ1n) is 6.51. The Hall–Kier alpha value is -0.970. The quantitative estimate of drug-likeness (QED) is 0.860. The van der Waals surface area contributed by atoms with Gasteiger partial charge in [0.1, 0.15) is 5.82 Å². The molecule has 1 aliphatic heterocycles. The number of benzene rings is 1. The van der Waals surface area contributed by atoms with Gasteiger partial charge in [-0.3, -0.25) is 4.90 Å². The average molecular weight is 252 g/mol. The largest absolute Gasteiger partial charge is 0.392 e. The number of nitrogens with two attached hydrogens (primary N) is 1. The molecule has 0 spiro atoms. The van der Waals surface area contributed by atoms with Crippen molar-refractivity contribution in [3.63, 3.8) is 0 Å². The van der Waals surface area contributed by atoms with Gasteiger partial charge in [0.05, 0.1) is 12.1 Å². The summed E-state index contributed by atoms with van der Waals surface area (Å²) in [5.41, 5.74) is 6.65. The lowest BCUT2D eigenvalue weighted by molar-refractivity contribution is 0.0395. The van der Waals surface area contributed by atoms with E-state index in [0.717, 1.165) is 19.4 Å². The minimum atomic E-state index is -0.327. The third-order valence-electron chi connectivity index (χ3n) is 3.54. The summed E-state index contributed by atoms with van der Waals surface area (Å²) in [5, 5.41) is 9.75. The zero-order valence-corrected chi connectivity index (χ0v) is 10.7. The molecule has 100 valence electrons. The molecule has 3 atom stereocenters. The number of aliphatic hydroxyl groups excluding tert-OH is 1. The number of nitrogens with zero attached hydrogens (tertiary/aromatic N) is 1. The van der Waals surface area contributed by atoms with Crippen molar-refractivity contribution in [2.24, 2.45) is 5.73 Å². The van der Waals surface area contributed by atoms with Crippen molar-refractivity contribution < 1.29 is 9.50 Å². The molecule has 0 saturated carbocycles. The molecule has 0 amide bonds. The van der Waals surface area contributed by atoms with Crippen molar-refractivity contribution in [2.45, 2.75) is 38.0 Å². The second-order valence-corrected chi connectivity index (χ2v) is 5.12. The molecule has 1 fully saturated rings. The number of piperidine rings is 1. The fourth-order valence-electron chi connectivity index (χ4n) is 2.76. The predicted octanol–water partition coefficient (Wildman–Crippen LogP) is 1.67. The number of β-amino-alcohol motifs (C(OH)–C–C–N with tert-alkyl or cyclic N) is 1.